The molecule has 33 heavy (non-hydrogen) atoms. The fourth-order valence-corrected chi connectivity index (χ4v) is 8.71. The number of carbonyl (C=O) groups excluding carboxylic acids is 1. The number of ether oxygens (including phenoxy) is 1. The quantitative estimate of drug-likeness (QED) is 0.784. The number of nitrogens with zero attached hydrogens (tertiary/aromatic N) is 2. The molecule has 1 saturated carbocycles. The first kappa shape index (κ1) is 20.0. The molecule has 0 aromatic heterocycles. The molecular formula is C28H32N2O3. The number of hydrogen-bond acceptors (Lipinski definition) is 4. The second kappa shape index (κ2) is 6.83. The average Bonchev–Trinajstić information content (AvgIpc) is 3.28. The van der Waals surface area contributed by atoms with Crippen LogP contribution in [0.3, 0.4) is 0 Å². The highest BCUT2D eigenvalue weighted by atomic mass is 16.5. The molecule has 4 fully saturated rings. The van der Waals surface area contributed by atoms with E-state index in [1.807, 2.05) is 42.5 Å². The summed E-state index contributed by atoms with van der Waals surface area (Å²) in [4.78, 5) is 18.4. The van der Waals surface area contributed by atoms with Crippen molar-refractivity contribution in [2.45, 2.75) is 68.2 Å². The highest BCUT2D eigenvalue weighted by molar-refractivity contribution is 5.94. The minimum Gasteiger partial charge on any atom is -0.508 e. The second-order valence-corrected chi connectivity index (χ2v) is 10.8. The van der Waals surface area contributed by atoms with E-state index in [1.54, 1.807) is 0 Å². The fourth-order valence-electron chi connectivity index (χ4n) is 8.71. The third kappa shape index (κ3) is 2.37. The summed E-state index contributed by atoms with van der Waals surface area (Å²) >= 11 is 0. The van der Waals surface area contributed by atoms with Crippen molar-refractivity contribution in [1.29, 1.82) is 0 Å². The van der Waals surface area contributed by atoms with Gasteiger partial charge < -0.3 is 14.7 Å². The van der Waals surface area contributed by atoms with Gasteiger partial charge in [-0.05, 0) is 80.6 Å². The van der Waals surface area contributed by atoms with Crippen LogP contribution < -0.4 is 0 Å². The van der Waals surface area contributed by atoms with Gasteiger partial charge in [0.1, 0.15) is 5.75 Å². The van der Waals surface area contributed by atoms with E-state index in [4.69, 9.17) is 4.74 Å². The SMILES string of the molecule is CCCN1CCC23c4cc(O)ccc4CC1C21CCC2C3[C@@H](CN2C(=O)c2ccccc2)O1. The van der Waals surface area contributed by atoms with E-state index in [-0.39, 0.29) is 29.1 Å². The zero-order chi connectivity index (χ0) is 22.4. The van der Waals surface area contributed by atoms with Gasteiger partial charge in [-0.1, -0.05) is 31.2 Å². The van der Waals surface area contributed by atoms with Crippen molar-refractivity contribution in [3.8, 4) is 5.75 Å². The average molecular weight is 445 g/mol. The zero-order valence-electron chi connectivity index (χ0n) is 19.2. The predicted molar refractivity (Wildman–Crippen MR) is 125 cm³/mol. The van der Waals surface area contributed by atoms with Gasteiger partial charge >= 0.3 is 0 Å². The Morgan fingerprint density at radius 1 is 1.18 bits per heavy atom. The molecule has 2 aromatic rings. The standard InChI is InChI=1S/C28H32N2O3/c1-2-13-29-14-12-27-21-16-20(31)9-8-19(21)15-24(29)28(27)11-10-22-25(27)23(33-28)17-30(22)26(32)18-6-4-3-5-7-18/h3-9,16,22-25,31H,2,10-15,17H2,1H3/t22?,23-,24?,25?,27?,28?/m1/s1. The Morgan fingerprint density at radius 2 is 2.03 bits per heavy atom. The number of benzene rings is 2. The number of amides is 1. The number of hydrogen-bond donors (Lipinski definition) is 1. The van der Waals surface area contributed by atoms with Crippen LogP contribution in [0.5, 0.6) is 5.75 Å². The fraction of sp³-hybridized carbons (Fsp3) is 0.536. The smallest absolute Gasteiger partial charge is 0.254 e. The van der Waals surface area contributed by atoms with Crippen molar-refractivity contribution in [2.75, 3.05) is 19.6 Å². The van der Waals surface area contributed by atoms with Crippen LogP contribution in [-0.4, -0.2) is 64.2 Å². The number of phenolic OH excluding ortho intramolecular Hbond substituents is 1. The summed E-state index contributed by atoms with van der Waals surface area (Å²) in [6, 6.07) is 16.3. The first-order valence-corrected chi connectivity index (χ1v) is 12.7. The van der Waals surface area contributed by atoms with E-state index in [1.165, 1.54) is 11.1 Å². The van der Waals surface area contributed by atoms with Crippen molar-refractivity contribution in [1.82, 2.24) is 9.80 Å². The minimum atomic E-state index is -0.199. The summed E-state index contributed by atoms with van der Waals surface area (Å²) in [5, 5.41) is 10.5. The van der Waals surface area contributed by atoms with E-state index in [0.717, 1.165) is 50.8 Å². The van der Waals surface area contributed by atoms with Crippen molar-refractivity contribution < 1.29 is 14.6 Å². The molecule has 6 atom stereocenters. The highest BCUT2D eigenvalue weighted by Gasteiger charge is 2.78. The Kier molecular flexibility index (Phi) is 4.15. The molecule has 1 N–H and O–H groups in total. The largest absolute Gasteiger partial charge is 0.508 e. The molecule has 5 heteroatoms. The van der Waals surface area contributed by atoms with E-state index >= 15 is 0 Å². The molecule has 1 amide bonds. The number of rotatable bonds is 3. The molecule has 2 aliphatic carbocycles. The summed E-state index contributed by atoms with van der Waals surface area (Å²) < 4.78 is 7.20. The Balaban J connectivity index is 1.36. The Bertz CT molecular complexity index is 1120. The second-order valence-electron chi connectivity index (χ2n) is 10.8. The van der Waals surface area contributed by atoms with E-state index in [9.17, 15) is 9.90 Å². The maximum Gasteiger partial charge on any atom is 0.254 e. The van der Waals surface area contributed by atoms with Gasteiger partial charge in [0.05, 0.1) is 11.7 Å². The Labute approximate surface area is 195 Å². The molecule has 0 spiro atoms. The molecule has 5 unspecified atom stereocenters. The van der Waals surface area contributed by atoms with Crippen LogP contribution in [0.25, 0.3) is 0 Å². The van der Waals surface area contributed by atoms with Crippen molar-refractivity contribution >= 4 is 5.91 Å². The molecule has 3 saturated heterocycles. The molecule has 5 nitrogen and oxygen atoms in total. The first-order valence-electron chi connectivity index (χ1n) is 12.7. The first-order chi connectivity index (χ1) is 16.1. The molecule has 5 aliphatic rings. The maximum atomic E-state index is 13.6. The third-order valence-electron chi connectivity index (χ3n) is 9.64. The molecule has 2 aromatic carbocycles. The van der Waals surface area contributed by atoms with Gasteiger partial charge in [-0.3, -0.25) is 9.69 Å². The minimum absolute atomic E-state index is 0.0718. The number of aromatic hydroxyl groups is 1. The van der Waals surface area contributed by atoms with E-state index < -0.39 is 0 Å². The molecule has 7 rings (SSSR count). The maximum absolute atomic E-state index is 13.6. The summed E-state index contributed by atoms with van der Waals surface area (Å²) in [5.74, 6) is 0.780. The summed E-state index contributed by atoms with van der Waals surface area (Å²) in [7, 11) is 0. The van der Waals surface area contributed by atoms with Crippen LogP contribution in [0.4, 0.5) is 0 Å². The summed E-state index contributed by atoms with van der Waals surface area (Å²) in [6.45, 7) is 5.13. The topological polar surface area (TPSA) is 53.0 Å². The van der Waals surface area contributed by atoms with Gasteiger partial charge in [0, 0.05) is 35.5 Å². The zero-order valence-corrected chi connectivity index (χ0v) is 19.2. The van der Waals surface area contributed by atoms with E-state index in [2.05, 4.69) is 22.8 Å². The van der Waals surface area contributed by atoms with Crippen molar-refractivity contribution in [3.05, 3.63) is 65.2 Å². The Morgan fingerprint density at radius 3 is 2.85 bits per heavy atom. The lowest BCUT2D eigenvalue weighted by atomic mass is 9.46. The van der Waals surface area contributed by atoms with Crippen LogP contribution >= 0.6 is 0 Å². The number of likely N-dealkylation sites (tertiary alicyclic amines) is 2. The lowest BCUT2D eigenvalue weighted by Gasteiger charge is -2.64. The molecule has 3 aliphatic heterocycles. The molecule has 0 radical (unpaired) electrons. The molecule has 4 bridgehead atoms. The van der Waals surface area contributed by atoms with Crippen LogP contribution in [0.1, 0.15) is 54.1 Å². The monoisotopic (exact) mass is 444 g/mol. The number of phenols is 1. The van der Waals surface area contributed by atoms with Crippen LogP contribution in [0, 0.1) is 5.92 Å². The lowest BCUT2D eigenvalue weighted by molar-refractivity contribution is -0.170. The summed E-state index contributed by atoms with van der Waals surface area (Å²) in [6.07, 6.45) is 5.26. The van der Waals surface area contributed by atoms with Gasteiger partial charge in [-0.2, -0.15) is 0 Å². The number of piperidine rings is 1. The summed E-state index contributed by atoms with van der Waals surface area (Å²) in [5.41, 5.74) is 3.12. The van der Waals surface area contributed by atoms with Gasteiger partial charge in [0.25, 0.3) is 5.91 Å². The predicted octanol–water partition coefficient (Wildman–Crippen LogP) is 3.74. The third-order valence-corrected chi connectivity index (χ3v) is 9.64. The van der Waals surface area contributed by atoms with Crippen LogP contribution in [-0.2, 0) is 16.6 Å². The number of carbonyl (C=O) groups is 1. The van der Waals surface area contributed by atoms with Gasteiger partial charge in [-0.15, -0.1) is 0 Å². The van der Waals surface area contributed by atoms with Crippen LogP contribution in [0.15, 0.2) is 48.5 Å². The van der Waals surface area contributed by atoms with Crippen LogP contribution in [0.2, 0.25) is 0 Å². The molecule has 3 heterocycles. The van der Waals surface area contributed by atoms with Gasteiger partial charge in [0.15, 0.2) is 0 Å². The van der Waals surface area contributed by atoms with Crippen molar-refractivity contribution in [3.63, 3.8) is 0 Å². The van der Waals surface area contributed by atoms with Crippen molar-refractivity contribution in [2.24, 2.45) is 5.92 Å². The van der Waals surface area contributed by atoms with Gasteiger partial charge in [0.2, 0.25) is 0 Å². The highest BCUT2D eigenvalue weighted by Crippen LogP contribution is 2.69. The molecule has 172 valence electrons. The molecular weight excluding hydrogens is 412 g/mol. The Hall–Kier alpha value is -2.37. The lowest BCUT2D eigenvalue weighted by Crippen LogP contribution is -2.74. The van der Waals surface area contributed by atoms with E-state index in [0.29, 0.717) is 24.3 Å². The van der Waals surface area contributed by atoms with Gasteiger partial charge in [-0.25, -0.2) is 0 Å². The normalized spacial score (nSPS) is 38.2. The number of fused-ring (bicyclic) bond motifs is 1.